The van der Waals surface area contributed by atoms with Crippen molar-refractivity contribution in [1.29, 1.82) is 0 Å². The normalized spacial score (nSPS) is 21.5. The van der Waals surface area contributed by atoms with Crippen LogP contribution in [0.1, 0.15) is 38.9 Å². The molecule has 1 fully saturated rings. The zero-order valence-corrected chi connectivity index (χ0v) is 12.7. The number of imidazole rings is 1. The third-order valence-electron chi connectivity index (χ3n) is 4.55. The molecule has 0 radical (unpaired) electrons. The molecule has 1 aromatic rings. The third kappa shape index (κ3) is 3.00. The number of aryl methyl sites for hydroxylation is 1. The molecule has 0 bridgehead atoms. The highest BCUT2D eigenvalue weighted by molar-refractivity contribution is 5.07. The SMILES string of the molecule is CCC(C)CN1CCC(OC)(c2nccn2C)CC1. The molecular weight excluding hydrogens is 238 g/mol. The first-order valence-electron chi connectivity index (χ1n) is 7.36. The van der Waals surface area contributed by atoms with Gasteiger partial charge in [-0.1, -0.05) is 20.3 Å². The van der Waals surface area contributed by atoms with Crippen molar-refractivity contribution in [3.63, 3.8) is 0 Å². The van der Waals surface area contributed by atoms with E-state index in [0.717, 1.165) is 37.7 Å². The molecule has 0 amide bonds. The number of methoxy groups -OCH3 is 1. The Kier molecular flexibility index (Phi) is 4.63. The summed E-state index contributed by atoms with van der Waals surface area (Å²) >= 11 is 0. The Labute approximate surface area is 116 Å². The molecule has 19 heavy (non-hydrogen) atoms. The molecule has 1 atom stereocenters. The predicted octanol–water partition coefficient (Wildman–Crippen LogP) is 2.40. The molecule has 1 unspecified atom stereocenters. The van der Waals surface area contributed by atoms with Crippen LogP contribution in [0.3, 0.4) is 0 Å². The van der Waals surface area contributed by atoms with E-state index in [0.29, 0.717) is 0 Å². The van der Waals surface area contributed by atoms with Gasteiger partial charge < -0.3 is 14.2 Å². The zero-order chi connectivity index (χ0) is 13.9. The maximum atomic E-state index is 5.87. The van der Waals surface area contributed by atoms with Crippen LogP contribution in [0.25, 0.3) is 0 Å². The van der Waals surface area contributed by atoms with Crippen LogP contribution in [-0.4, -0.2) is 41.2 Å². The second-order valence-electron chi connectivity index (χ2n) is 5.87. The van der Waals surface area contributed by atoms with Crippen molar-refractivity contribution in [2.24, 2.45) is 13.0 Å². The lowest BCUT2D eigenvalue weighted by Gasteiger charge is -2.40. The van der Waals surface area contributed by atoms with Crippen molar-refractivity contribution in [3.8, 4) is 0 Å². The fourth-order valence-corrected chi connectivity index (χ4v) is 2.99. The van der Waals surface area contributed by atoms with Gasteiger partial charge >= 0.3 is 0 Å². The van der Waals surface area contributed by atoms with Crippen molar-refractivity contribution in [1.82, 2.24) is 14.5 Å². The summed E-state index contributed by atoms with van der Waals surface area (Å²) < 4.78 is 7.96. The number of likely N-dealkylation sites (tertiary alicyclic amines) is 1. The fraction of sp³-hybridized carbons (Fsp3) is 0.800. The minimum Gasteiger partial charge on any atom is -0.370 e. The molecule has 2 heterocycles. The highest BCUT2D eigenvalue weighted by Crippen LogP contribution is 2.35. The van der Waals surface area contributed by atoms with Crippen LogP contribution >= 0.6 is 0 Å². The molecule has 0 N–H and O–H groups in total. The maximum Gasteiger partial charge on any atom is 0.140 e. The van der Waals surface area contributed by atoms with Crippen molar-refractivity contribution >= 4 is 0 Å². The van der Waals surface area contributed by atoms with Gasteiger partial charge in [0.2, 0.25) is 0 Å². The summed E-state index contributed by atoms with van der Waals surface area (Å²) in [7, 11) is 3.87. The highest BCUT2D eigenvalue weighted by Gasteiger charge is 2.39. The predicted molar refractivity (Wildman–Crippen MR) is 77.0 cm³/mol. The van der Waals surface area contributed by atoms with Crippen LogP contribution in [-0.2, 0) is 17.4 Å². The van der Waals surface area contributed by atoms with E-state index in [1.165, 1.54) is 13.0 Å². The first kappa shape index (κ1) is 14.5. The molecule has 4 heteroatoms. The van der Waals surface area contributed by atoms with E-state index in [4.69, 9.17) is 4.74 Å². The van der Waals surface area contributed by atoms with Crippen molar-refractivity contribution in [3.05, 3.63) is 18.2 Å². The molecule has 4 nitrogen and oxygen atoms in total. The Morgan fingerprint density at radius 2 is 2.11 bits per heavy atom. The minimum absolute atomic E-state index is 0.190. The molecule has 0 saturated carbocycles. The summed E-state index contributed by atoms with van der Waals surface area (Å²) in [6.07, 6.45) is 7.18. The van der Waals surface area contributed by atoms with Crippen molar-refractivity contribution in [2.75, 3.05) is 26.7 Å². The number of piperidine rings is 1. The van der Waals surface area contributed by atoms with Crippen LogP contribution in [0.2, 0.25) is 0 Å². The van der Waals surface area contributed by atoms with E-state index in [-0.39, 0.29) is 5.60 Å². The van der Waals surface area contributed by atoms with Gasteiger partial charge in [-0.2, -0.15) is 0 Å². The lowest BCUT2D eigenvalue weighted by molar-refractivity contribution is -0.0718. The molecule has 0 spiro atoms. The Morgan fingerprint density at radius 1 is 1.42 bits per heavy atom. The molecule has 0 aromatic carbocycles. The monoisotopic (exact) mass is 265 g/mol. The van der Waals surface area contributed by atoms with E-state index in [1.807, 2.05) is 19.5 Å². The summed E-state index contributed by atoms with van der Waals surface area (Å²) in [5.41, 5.74) is -0.190. The number of ether oxygens (including phenoxy) is 1. The first-order chi connectivity index (χ1) is 9.11. The third-order valence-corrected chi connectivity index (χ3v) is 4.55. The lowest BCUT2D eigenvalue weighted by Crippen LogP contribution is -2.46. The van der Waals surface area contributed by atoms with E-state index in [9.17, 15) is 0 Å². The number of hydrogen-bond acceptors (Lipinski definition) is 3. The molecule has 1 aromatic heterocycles. The van der Waals surface area contributed by atoms with Crippen LogP contribution in [0, 0.1) is 5.92 Å². The van der Waals surface area contributed by atoms with Crippen molar-refractivity contribution < 1.29 is 4.74 Å². The Hall–Kier alpha value is -0.870. The average molecular weight is 265 g/mol. The smallest absolute Gasteiger partial charge is 0.140 e. The standard InChI is InChI=1S/C15H27N3O/c1-5-13(2)12-18-9-6-15(19-4,7-10-18)14-16-8-11-17(14)3/h8,11,13H,5-7,9-10,12H2,1-4H3. The number of nitrogens with zero attached hydrogens (tertiary/aromatic N) is 3. The minimum atomic E-state index is -0.190. The maximum absolute atomic E-state index is 5.87. The van der Waals surface area contributed by atoms with Gasteiger partial charge in [0.1, 0.15) is 11.4 Å². The molecule has 1 saturated heterocycles. The van der Waals surface area contributed by atoms with Crippen molar-refractivity contribution in [2.45, 2.75) is 38.7 Å². The molecule has 108 valence electrons. The first-order valence-corrected chi connectivity index (χ1v) is 7.36. The number of rotatable bonds is 5. The Bertz CT molecular complexity index is 394. The van der Waals surface area contributed by atoms with E-state index >= 15 is 0 Å². The quantitative estimate of drug-likeness (QED) is 0.819. The Balaban J connectivity index is 2.02. The van der Waals surface area contributed by atoms with Gasteiger partial charge in [-0.3, -0.25) is 0 Å². The van der Waals surface area contributed by atoms with E-state index in [2.05, 4.69) is 35.3 Å². The molecule has 1 aliphatic rings. The molecule has 1 aliphatic heterocycles. The highest BCUT2D eigenvalue weighted by atomic mass is 16.5. The van der Waals surface area contributed by atoms with Crippen LogP contribution in [0.4, 0.5) is 0 Å². The van der Waals surface area contributed by atoms with Gasteiger partial charge in [-0.25, -0.2) is 4.98 Å². The van der Waals surface area contributed by atoms with Gasteiger partial charge in [0.15, 0.2) is 0 Å². The number of aromatic nitrogens is 2. The summed E-state index contributed by atoms with van der Waals surface area (Å²) in [6.45, 7) is 8.01. The van der Waals surface area contributed by atoms with Crippen LogP contribution < -0.4 is 0 Å². The van der Waals surface area contributed by atoms with Gasteiger partial charge in [-0.15, -0.1) is 0 Å². The Morgan fingerprint density at radius 3 is 2.58 bits per heavy atom. The summed E-state index contributed by atoms with van der Waals surface area (Å²) in [4.78, 5) is 7.07. The fourth-order valence-electron chi connectivity index (χ4n) is 2.99. The van der Waals surface area contributed by atoms with Crippen LogP contribution in [0.5, 0.6) is 0 Å². The zero-order valence-electron chi connectivity index (χ0n) is 12.7. The summed E-state index contributed by atoms with van der Waals surface area (Å²) in [5, 5.41) is 0. The molecule has 2 rings (SSSR count). The van der Waals surface area contributed by atoms with Gasteiger partial charge in [0.25, 0.3) is 0 Å². The van der Waals surface area contributed by atoms with Crippen LogP contribution in [0.15, 0.2) is 12.4 Å². The summed E-state index contributed by atoms with van der Waals surface area (Å²) in [5.74, 6) is 1.85. The van der Waals surface area contributed by atoms with Gasteiger partial charge in [0, 0.05) is 46.2 Å². The van der Waals surface area contributed by atoms with Gasteiger partial charge in [0.05, 0.1) is 0 Å². The van der Waals surface area contributed by atoms with E-state index < -0.39 is 0 Å². The largest absolute Gasteiger partial charge is 0.370 e. The molecular formula is C15H27N3O. The van der Waals surface area contributed by atoms with E-state index in [1.54, 1.807) is 0 Å². The topological polar surface area (TPSA) is 30.3 Å². The molecule has 0 aliphatic carbocycles. The second-order valence-corrected chi connectivity index (χ2v) is 5.87. The average Bonchev–Trinajstić information content (AvgIpc) is 2.87. The van der Waals surface area contributed by atoms with Gasteiger partial charge in [-0.05, 0) is 18.8 Å². The summed E-state index contributed by atoms with van der Waals surface area (Å²) in [6, 6.07) is 0. The second kappa shape index (κ2) is 6.06. The lowest BCUT2D eigenvalue weighted by atomic mass is 9.89. The number of hydrogen-bond donors (Lipinski definition) is 0.